The van der Waals surface area contributed by atoms with Crippen LogP contribution in [0.15, 0.2) is 29.8 Å². The smallest absolute Gasteiger partial charge is 0.354 e. The second-order valence-electron chi connectivity index (χ2n) is 4.58. The zero-order chi connectivity index (χ0) is 14.1. The summed E-state index contributed by atoms with van der Waals surface area (Å²) in [4.78, 5) is 30.1. The van der Waals surface area contributed by atoms with E-state index in [-0.39, 0.29) is 11.6 Å². The summed E-state index contributed by atoms with van der Waals surface area (Å²) < 4.78 is 0. The Hall–Kier alpha value is -2.21. The molecule has 0 radical (unpaired) electrons. The van der Waals surface area contributed by atoms with Crippen LogP contribution >= 0.6 is 11.3 Å². The summed E-state index contributed by atoms with van der Waals surface area (Å²) >= 11 is 1.72. The first kappa shape index (κ1) is 12.8. The Balaban J connectivity index is 1.83. The van der Waals surface area contributed by atoms with Gasteiger partial charge in [-0.15, -0.1) is 11.3 Å². The molecule has 2 aromatic rings. The fraction of sp³-hybridized carbons (Fsp3) is 0.214. The third-order valence-corrected chi connectivity index (χ3v) is 4.34. The van der Waals surface area contributed by atoms with E-state index in [4.69, 9.17) is 5.11 Å². The highest BCUT2D eigenvalue weighted by Gasteiger charge is 2.23. The maximum Gasteiger partial charge on any atom is 0.354 e. The van der Waals surface area contributed by atoms with E-state index in [1.165, 1.54) is 22.7 Å². The predicted octanol–water partition coefficient (Wildman–Crippen LogP) is 2.04. The summed E-state index contributed by atoms with van der Waals surface area (Å²) in [7, 11) is 0. The van der Waals surface area contributed by atoms with Crippen LogP contribution in [0.4, 0.5) is 0 Å². The number of pyridine rings is 1. The molecule has 0 saturated heterocycles. The first-order valence-electron chi connectivity index (χ1n) is 6.19. The molecule has 3 rings (SSSR count). The summed E-state index contributed by atoms with van der Waals surface area (Å²) in [6.45, 7) is 1.25. The van der Waals surface area contributed by atoms with E-state index in [0.717, 1.165) is 6.42 Å². The summed E-state index contributed by atoms with van der Waals surface area (Å²) in [6, 6.07) is 4.92. The lowest BCUT2D eigenvalue weighted by Crippen LogP contribution is -2.35. The van der Waals surface area contributed by atoms with Crippen molar-refractivity contribution >= 4 is 23.2 Å². The number of thiophene rings is 1. The zero-order valence-corrected chi connectivity index (χ0v) is 11.4. The minimum Gasteiger partial charge on any atom is -0.477 e. The van der Waals surface area contributed by atoms with Crippen molar-refractivity contribution in [2.75, 3.05) is 6.54 Å². The molecule has 0 saturated carbocycles. The van der Waals surface area contributed by atoms with Gasteiger partial charge in [0.1, 0.15) is 5.69 Å². The van der Waals surface area contributed by atoms with Crippen molar-refractivity contribution in [3.63, 3.8) is 0 Å². The van der Waals surface area contributed by atoms with Gasteiger partial charge in [0.25, 0.3) is 5.91 Å². The Labute approximate surface area is 119 Å². The van der Waals surface area contributed by atoms with Crippen LogP contribution in [0.5, 0.6) is 0 Å². The van der Waals surface area contributed by atoms with E-state index in [0.29, 0.717) is 18.7 Å². The molecule has 102 valence electrons. The Morgan fingerprint density at radius 2 is 2.20 bits per heavy atom. The number of aromatic nitrogens is 1. The van der Waals surface area contributed by atoms with Crippen LogP contribution in [0.3, 0.4) is 0 Å². The van der Waals surface area contributed by atoms with Crippen molar-refractivity contribution in [1.82, 2.24) is 9.88 Å². The number of hydrogen-bond donors (Lipinski definition) is 1. The third-order valence-electron chi connectivity index (χ3n) is 3.32. The number of rotatable bonds is 2. The van der Waals surface area contributed by atoms with E-state index >= 15 is 0 Å². The maximum atomic E-state index is 12.4. The van der Waals surface area contributed by atoms with Crippen LogP contribution in [0.25, 0.3) is 0 Å². The van der Waals surface area contributed by atoms with Crippen LogP contribution < -0.4 is 0 Å². The number of amides is 1. The summed E-state index contributed by atoms with van der Waals surface area (Å²) in [6.07, 6.45) is 2.21. The molecule has 1 amide bonds. The molecule has 0 bridgehead atoms. The first-order chi connectivity index (χ1) is 9.65. The lowest BCUT2D eigenvalue weighted by molar-refractivity contribution is 0.0690. The molecular formula is C14H12N2O3S. The number of carboxylic acids is 1. The SMILES string of the molecule is O=C(O)c1cc(C(=O)N2CCc3sccc3C2)ccn1. The third kappa shape index (κ3) is 2.30. The Morgan fingerprint density at radius 1 is 1.35 bits per heavy atom. The highest BCUT2D eigenvalue weighted by atomic mass is 32.1. The number of nitrogens with zero attached hydrogens (tertiary/aromatic N) is 2. The largest absolute Gasteiger partial charge is 0.477 e. The average molecular weight is 288 g/mol. The predicted molar refractivity (Wildman–Crippen MR) is 74.0 cm³/mol. The van der Waals surface area contributed by atoms with E-state index in [1.807, 2.05) is 11.4 Å². The van der Waals surface area contributed by atoms with Crippen LogP contribution in [-0.2, 0) is 13.0 Å². The molecule has 1 aliphatic heterocycles. The van der Waals surface area contributed by atoms with Crippen LogP contribution in [0.2, 0.25) is 0 Å². The van der Waals surface area contributed by atoms with Crippen molar-refractivity contribution < 1.29 is 14.7 Å². The molecule has 0 aliphatic carbocycles. The second-order valence-corrected chi connectivity index (χ2v) is 5.58. The lowest BCUT2D eigenvalue weighted by atomic mass is 10.1. The van der Waals surface area contributed by atoms with Gasteiger partial charge in [-0.05, 0) is 35.6 Å². The number of carbonyl (C=O) groups is 2. The lowest BCUT2D eigenvalue weighted by Gasteiger charge is -2.27. The van der Waals surface area contributed by atoms with Crippen LogP contribution in [-0.4, -0.2) is 33.4 Å². The molecule has 1 aliphatic rings. The van der Waals surface area contributed by atoms with E-state index in [2.05, 4.69) is 4.98 Å². The average Bonchev–Trinajstić information content (AvgIpc) is 2.94. The molecule has 2 aromatic heterocycles. The van der Waals surface area contributed by atoms with Crippen LogP contribution in [0, 0.1) is 0 Å². The van der Waals surface area contributed by atoms with Gasteiger partial charge in [-0.25, -0.2) is 9.78 Å². The molecule has 0 spiro atoms. The summed E-state index contributed by atoms with van der Waals surface area (Å²) in [5.74, 6) is -1.27. The minimum atomic E-state index is -1.13. The van der Waals surface area contributed by atoms with Crippen LogP contribution in [0.1, 0.15) is 31.3 Å². The molecule has 20 heavy (non-hydrogen) atoms. The van der Waals surface area contributed by atoms with Gasteiger partial charge < -0.3 is 10.0 Å². The van der Waals surface area contributed by atoms with E-state index < -0.39 is 5.97 Å². The number of carboxylic acid groups (broad SMARTS) is 1. The second kappa shape index (κ2) is 5.05. The Kier molecular flexibility index (Phi) is 3.23. The van der Waals surface area contributed by atoms with Crippen molar-refractivity contribution in [2.24, 2.45) is 0 Å². The summed E-state index contributed by atoms with van der Waals surface area (Å²) in [5, 5.41) is 11.0. The van der Waals surface area contributed by atoms with Crippen molar-refractivity contribution in [1.29, 1.82) is 0 Å². The van der Waals surface area contributed by atoms with Crippen molar-refractivity contribution in [3.8, 4) is 0 Å². The van der Waals surface area contributed by atoms with Crippen molar-refractivity contribution in [3.05, 3.63) is 51.5 Å². The normalized spacial score (nSPS) is 13.9. The Bertz CT molecular complexity index is 681. The standard InChI is InChI=1S/C14H12N2O3S/c17-13(9-1-4-15-11(7-9)14(18)19)16-5-2-12-10(8-16)3-6-20-12/h1,3-4,6-7H,2,5,8H2,(H,18,19). The van der Waals surface area contributed by atoms with Gasteiger partial charge in [-0.1, -0.05) is 0 Å². The monoisotopic (exact) mass is 288 g/mol. The summed E-state index contributed by atoms with van der Waals surface area (Å²) in [5.41, 5.74) is 1.45. The number of aromatic carboxylic acids is 1. The highest BCUT2D eigenvalue weighted by Crippen LogP contribution is 2.25. The molecule has 0 atom stereocenters. The molecule has 0 aromatic carbocycles. The maximum absolute atomic E-state index is 12.4. The molecular weight excluding hydrogens is 276 g/mol. The Morgan fingerprint density at radius 3 is 3.00 bits per heavy atom. The minimum absolute atomic E-state index is 0.107. The molecule has 6 heteroatoms. The van der Waals surface area contributed by atoms with E-state index in [1.54, 1.807) is 22.3 Å². The van der Waals surface area contributed by atoms with Gasteiger partial charge in [0.2, 0.25) is 0 Å². The molecule has 0 unspecified atom stereocenters. The molecule has 0 fully saturated rings. The van der Waals surface area contributed by atoms with Crippen molar-refractivity contribution in [2.45, 2.75) is 13.0 Å². The van der Waals surface area contributed by atoms with Gasteiger partial charge in [-0.2, -0.15) is 0 Å². The molecule has 1 N–H and O–H groups in total. The quantitative estimate of drug-likeness (QED) is 0.918. The highest BCUT2D eigenvalue weighted by molar-refractivity contribution is 7.10. The van der Waals surface area contributed by atoms with Gasteiger partial charge in [-0.3, -0.25) is 4.79 Å². The van der Waals surface area contributed by atoms with Gasteiger partial charge in [0, 0.05) is 29.7 Å². The molecule has 3 heterocycles. The topological polar surface area (TPSA) is 70.5 Å². The molecule has 5 nitrogen and oxygen atoms in total. The first-order valence-corrected chi connectivity index (χ1v) is 7.07. The number of hydrogen-bond acceptors (Lipinski definition) is 4. The number of carbonyl (C=O) groups excluding carboxylic acids is 1. The fourth-order valence-corrected chi connectivity index (χ4v) is 3.17. The fourth-order valence-electron chi connectivity index (χ4n) is 2.28. The van der Waals surface area contributed by atoms with Gasteiger partial charge >= 0.3 is 5.97 Å². The van der Waals surface area contributed by atoms with Gasteiger partial charge in [0.05, 0.1) is 0 Å². The van der Waals surface area contributed by atoms with E-state index in [9.17, 15) is 9.59 Å². The number of fused-ring (bicyclic) bond motifs is 1. The van der Waals surface area contributed by atoms with Gasteiger partial charge in [0.15, 0.2) is 0 Å². The zero-order valence-electron chi connectivity index (χ0n) is 10.6.